The number of anilines is 3. The number of pyridine rings is 1. The van der Waals surface area contributed by atoms with E-state index >= 15 is 0 Å². The van der Waals surface area contributed by atoms with Crippen LogP contribution in [-0.4, -0.2) is 37.4 Å². The summed E-state index contributed by atoms with van der Waals surface area (Å²) in [6, 6.07) is 15.9. The summed E-state index contributed by atoms with van der Waals surface area (Å²) in [5, 5.41) is 2.68. The molecule has 37 heavy (non-hydrogen) atoms. The lowest BCUT2D eigenvalue weighted by Gasteiger charge is -2.23. The van der Waals surface area contributed by atoms with Crippen molar-refractivity contribution in [1.82, 2.24) is 4.98 Å². The minimum atomic E-state index is -0.506. The fraction of sp³-hybridized carbons (Fsp3) is 0.179. The number of fused-ring (bicyclic) bond motifs is 3. The molecule has 6 nitrogen and oxygen atoms in total. The Morgan fingerprint density at radius 1 is 1.05 bits per heavy atom. The van der Waals surface area contributed by atoms with Crippen LogP contribution in [0.5, 0.6) is 0 Å². The highest BCUT2D eigenvalue weighted by molar-refractivity contribution is 7.17. The number of para-hydroxylation sites is 1. The van der Waals surface area contributed by atoms with Crippen LogP contribution in [0.4, 0.5) is 26.0 Å². The Morgan fingerprint density at radius 3 is 2.59 bits per heavy atom. The van der Waals surface area contributed by atoms with E-state index in [0.717, 1.165) is 10.4 Å². The van der Waals surface area contributed by atoms with Gasteiger partial charge in [0.2, 0.25) is 0 Å². The van der Waals surface area contributed by atoms with E-state index in [4.69, 9.17) is 0 Å². The van der Waals surface area contributed by atoms with Gasteiger partial charge in [0.1, 0.15) is 23.1 Å². The van der Waals surface area contributed by atoms with E-state index in [-0.39, 0.29) is 23.8 Å². The first-order chi connectivity index (χ1) is 17.7. The zero-order valence-electron chi connectivity index (χ0n) is 20.5. The molecule has 0 unspecified atom stereocenters. The summed E-state index contributed by atoms with van der Waals surface area (Å²) in [5.74, 6) is -1.10. The Labute approximate surface area is 217 Å². The topological polar surface area (TPSA) is 65.5 Å². The van der Waals surface area contributed by atoms with Gasteiger partial charge in [-0.2, -0.15) is 0 Å². The summed E-state index contributed by atoms with van der Waals surface area (Å²) in [7, 11) is 3.68. The van der Waals surface area contributed by atoms with Gasteiger partial charge in [0, 0.05) is 31.1 Å². The lowest BCUT2D eigenvalue weighted by atomic mass is 10.1. The predicted molar refractivity (Wildman–Crippen MR) is 143 cm³/mol. The van der Waals surface area contributed by atoms with E-state index in [0.29, 0.717) is 33.9 Å². The van der Waals surface area contributed by atoms with Crippen molar-refractivity contribution in [3.8, 4) is 10.4 Å². The number of thiophene rings is 1. The third-order valence-corrected chi connectivity index (χ3v) is 7.46. The van der Waals surface area contributed by atoms with E-state index in [1.54, 1.807) is 54.3 Å². The van der Waals surface area contributed by atoms with Crippen LogP contribution < -0.4 is 15.1 Å². The van der Waals surface area contributed by atoms with Crippen LogP contribution in [0, 0.1) is 18.6 Å². The Morgan fingerprint density at radius 2 is 1.84 bits per heavy atom. The van der Waals surface area contributed by atoms with Crippen molar-refractivity contribution in [1.29, 1.82) is 0 Å². The fourth-order valence-electron chi connectivity index (χ4n) is 4.33. The van der Waals surface area contributed by atoms with Crippen LogP contribution in [0.25, 0.3) is 10.4 Å². The number of nitrogens with zero attached hydrogens (tertiary/aromatic N) is 3. The van der Waals surface area contributed by atoms with Gasteiger partial charge in [-0.1, -0.05) is 18.2 Å². The molecule has 0 fully saturated rings. The summed E-state index contributed by atoms with van der Waals surface area (Å²) in [6.07, 6.45) is 0.452. The molecule has 1 aliphatic rings. The van der Waals surface area contributed by atoms with Crippen LogP contribution in [0.15, 0.2) is 60.7 Å². The maximum atomic E-state index is 14.4. The molecular formula is C28H24F2N4O2S. The first-order valence-electron chi connectivity index (χ1n) is 11.7. The van der Waals surface area contributed by atoms with Gasteiger partial charge in [0.05, 0.1) is 16.3 Å². The second-order valence-electron chi connectivity index (χ2n) is 8.99. The first-order valence-corrected chi connectivity index (χ1v) is 12.5. The van der Waals surface area contributed by atoms with Crippen LogP contribution in [0.2, 0.25) is 0 Å². The summed E-state index contributed by atoms with van der Waals surface area (Å²) in [5.41, 5.74) is 2.94. The number of aromatic nitrogens is 1. The summed E-state index contributed by atoms with van der Waals surface area (Å²) >= 11 is 1.24. The lowest BCUT2D eigenvalue weighted by molar-refractivity contribution is 0.0981. The molecule has 4 aromatic rings. The molecule has 2 aromatic heterocycles. The molecule has 0 atom stereocenters. The van der Waals surface area contributed by atoms with Gasteiger partial charge in [0.25, 0.3) is 11.8 Å². The number of amides is 2. The number of carbonyl (C=O) groups excluding carboxylic acids is 2. The molecular weight excluding hydrogens is 494 g/mol. The van der Waals surface area contributed by atoms with Gasteiger partial charge in [-0.25, -0.2) is 13.8 Å². The Balaban J connectivity index is 1.51. The molecule has 0 spiro atoms. The second kappa shape index (κ2) is 9.74. The van der Waals surface area contributed by atoms with Gasteiger partial charge in [0.15, 0.2) is 0 Å². The molecule has 0 radical (unpaired) electrons. The summed E-state index contributed by atoms with van der Waals surface area (Å²) in [6.45, 7) is 2.00. The predicted octanol–water partition coefficient (Wildman–Crippen LogP) is 5.92. The maximum Gasteiger partial charge on any atom is 0.276 e. The summed E-state index contributed by atoms with van der Waals surface area (Å²) in [4.78, 5) is 35.6. The van der Waals surface area contributed by atoms with Crippen molar-refractivity contribution in [2.75, 3.05) is 35.8 Å². The molecule has 9 heteroatoms. The average Bonchev–Trinajstić information content (AvgIpc) is 3.24. The molecule has 0 saturated heterocycles. The van der Waals surface area contributed by atoms with E-state index in [1.165, 1.54) is 34.4 Å². The minimum absolute atomic E-state index is 0.141. The number of carbonyl (C=O) groups is 2. The third kappa shape index (κ3) is 4.70. The molecule has 0 bridgehead atoms. The second-order valence-corrected chi connectivity index (χ2v) is 10.0. The smallest absolute Gasteiger partial charge is 0.276 e. The largest absolute Gasteiger partial charge is 0.363 e. The van der Waals surface area contributed by atoms with Crippen molar-refractivity contribution in [3.63, 3.8) is 0 Å². The highest BCUT2D eigenvalue weighted by Gasteiger charge is 2.29. The Kier molecular flexibility index (Phi) is 6.47. The van der Waals surface area contributed by atoms with Crippen molar-refractivity contribution in [2.45, 2.75) is 13.3 Å². The highest BCUT2D eigenvalue weighted by Crippen LogP contribution is 2.42. The first kappa shape index (κ1) is 24.6. The fourth-order valence-corrected chi connectivity index (χ4v) is 5.47. The molecule has 1 N–H and O–H groups in total. The number of aryl methyl sites for hydroxylation is 1. The van der Waals surface area contributed by atoms with Gasteiger partial charge in [-0.05, 0) is 66.9 Å². The molecule has 2 amide bonds. The highest BCUT2D eigenvalue weighted by atomic mass is 32.1. The molecule has 0 aliphatic carbocycles. The van der Waals surface area contributed by atoms with Crippen LogP contribution in [0.1, 0.15) is 31.3 Å². The average molecular weight is 519 g/mol. The quantitative estimate of drug-likeness (QED) is 0.364. The van der Waals surface area contributed by atoms with Gasteiger partial charge in [-0.3, -0.25) is 9.59 Å². The van der Waals surface area contributed by atoms with Crippen molar-refractivity contribution >= 4 is 40.3 Å². The number of benzene rings is 2. The van der Waals surface area contributed by atoms with Crippen LogP contribution >= 0.6 is 11.3 Å². The van der Waals surface area contributed by atoms with Gasteiger partial charge in [-0.15, -0.1) is 11.3 Å². The Hall–Kier alpha value is -4.11. The molecule has 5 rings (SSSR count). The normalized spacial score (nSPS) is 12.4. The number of nitrogens with one attached hydrogen (secondary N) is 1. The third-order valence-electron chi connectivity index (χ3n) is 6.25. The Bertz CT molecular complexity index is 1510. The van der Waals surface area contributed by atoms with Gasteiger partial charge >= 0.3 is 0 Å². The molecule has 188 valence electrons. The number of halogens is 2. The van der Waals surface area contributed by atoms with Crippen LogP contribution in [0.3, 0.4) is 0 Å². The van der Waals surface area contributed by atoms with E-state index in [9.17, 15) is 18.4 Å². The maximum absolute atomic E-state index is 14.4. The number of hydrogen-bond donors (Lipinski definition) is 1. The monoisotopic (exact) mass is 518 g/mol. The lowest BCUT2D eigenvalue weighted by Crippen LogP contribution is -2.33. The van der Waals surface area contributed by atoms with Crippen LogP contribution in [-0.2, 0) is 6.42 Å². The standard InChI is InChI=1S/C28H24F2N4O2S/c1-16-6-4-7-20(30)25(16)32-27(35)23-14-17-12-13-34(22-15-18(29)10-11-19(22)26(17)37-23)28(36)21-8-5-9-24(31-21)33(2)3/h4-11,14-15H,12-13H2,1-3H3,(H,32,35). The van der Waals surface area contributed by atoms with Crippen molar-refractivity contribution < 1.29 is 18.4 Å². The molecule has 1 aliphatic heterocycles. The van der Waals surface area contributed by atoms with Crippen molar-refractivity contribution in [2.24, 2.45) is 0 Å². The molecule has 3 heterocycles. The minimum Gasteiger partial charge on any atom is -0.363 e. The molecule has 0 saturated carbocycles. The SMILES string of the molecule is Cc1cccc(F)c1NC(=O)c1cc2c(s1)-c1ccc(F)cc1N(C(=O)c1cccc(N(C)C)n1)CC2. The zero-order valence-corrected chi connectivity index (χ0v) is 21.3. The van der Waals surface area contributed by atoms with Crippen molar-refractivity contribution in [3.05, 3.63) is 94.0 Å². The number of rotatable bonds is 4. The van der Waals surface area contributed by atoms with E-state index in [1.807, 2.05) is 14.1 Å². The van der Waals surface area contributed by atoms with E-state index < -0.39 is 17.5 Å². The van der Waals surface area contributed by atoms with E-state index in [2.05, 4.69) is 10.3 Å². The summed E-state index contributed by atoms with van der Waals surface area (Å²) < 4.78 is 28.7. The zero-order chi connectivity index (χ0) is 26.3. The molecule has 2 aromatic carbocycles. The van der Waals surface area contributed by atoms with Gasteiger partial charge < -0.3 is 15.1 Å². The number of hydrogen-bond acceptors (Lipinski definition) is 5.